The highest BCUT2D eigenvalue weighted by molar-refractivity contribution is 7.20. The monoisotopic (exact) mass is 454 g/mol. The molecule has 0 aliphatic carbocycles. The zero-order valence-electron chi connectivity index (χ0n) is 16.2. The van der Waals surface area contributed by atoms with Crippen molar-refractivity contribution in [2.24, 2.45) is 0 Å². The number of aliphatic hydroxyl groups is 1. The number of pyridine rings is 1. The number of carbonyl (C=O) groups is 1. The highest BCUT2D eigenvalue weighted by Gasteiger charge is 2.33. The Balaban J connectivity index is 1.35. The maximum atomic E-state index is 12.9. The average Bonchev–Trinajstić information content (AvgIpc) is 3.33. The van der Waals surface area contributed by atoms with Gasteiger partial charge in [0.25, 0.3) is 5.91 Å². The lowest BCUT2D eigenvalue weighted by atomic mass is 10.1. The van der Waals surface area contributed by atoms with Crippen LogP contribution in [0, 0.1) is 6.92 Å². The van der Waals surface area contributed by atoms with Crippen molar-refractivity contribution in [1.82, 2.24) is 10.3 Å². The van der Waals surface area contributed by atoms with E-state index in [9.17, 15) is 23.1 Å². The molecule has 1 aliphatic rings. The summed E-state index contributed by atoms with van der Waals surface area (Å²) in [6.07, 6.45) is -5.56. The number of rotatable bonds is 6. The Morgan fingerprint density at radius 1 is 1.29 bits per heavy atom. The molecule has 1 aliphatic heterocycles. The van der Waals surface area contributed by atoms with Crippen molar-refractivity contribution in [2.45, 2.75) is 19.2 Å². The molecule has 3 heterocycles. The molecule has 2 N–H and O–H groups in total. The summed E-state index contributed by atoms with van der Waals surface area (Å²) in [6.45, 7) is 1.60. The number of thiophene rings is 1. The van der Waals surface area contributed by atoms with Crippen molar-refractivity contribution in [3.63, 3.8) is 0 Å². The summed E-state index contributed by atoms with van der Waals surface area (Å²) in [6, 6.07) is 7.19. The fraction of sp³-hybridized carbons (Fsp3) is 0.300. The number of benzene rings is 1. The van der Waals surface area contributed by atoms with Gasteiger partial charge >= 0.3 is 6.18 Å². The number of carbonyl (C=O) groups excluding carboxylic acids is 1. The number of amides is 1. The van der Waals surface area contributed by atoms with E-state index in [0.29, 0.717) is 28.2 Å². The second-order valence-corrected chi connectivity index (χ2v) is 7.79. The van der Waals surface area contributed by atoms with Gasteiger partial charge in [0, 0.05) is 18.0 Å². The molecular weight excluding hydrogens is 437 g/mol. The van der Waals surface area contributed by atoms with Crippen LogP contribution < -0.4 is 19.5 Å². The van der Waals surface area contributed by atoms with E-state index in [4.69, 9.17) is 14.2 Å². The lowest BCUT2D eigenvalue weighted by molar-refractivity contribution is -0.140. The fourth-order valence-electron chi connectivity index (χ4n) is 2.98. The van der Waals surface area contributed by atoms with Gasteiger partial charge in [0.1, 0.15) is 29.0 Å². The van der Waals surface area contributed by atoms with Crippen molar-refractivity contribution >= 4 is 27.5 Å². The number of aromatic nitrogens is 1. The van der Waals surface area contributed by atoms with E-state index in [2.05, 4.69) is 10.3 Å². The molecule has 0 spiro atoms. The topological polar surface area (TPSA) is 89.9 Å². The minimum atomic E-state index is -4.56. The molecule has 0 bridgehead atoms. The Morgan fingerprint density at radius 2 is 2.06 bits per heavy atom. The molecule has 3 aromatic rings. The standard InChI is InChI=1S/C20H17F3N2O5S/c1-10-13-3-5-16(20(21,22)23)25-19(13)31-17(10)18(27)24-7-11(26)8-28-12-2-4-14-15(6-12)30-9-29-14/h2-6,11,26H,7-9H2,1H3,(H,24,27). The molecule has 7 nitrogen and oxygen atoms in total. The third-order valence-electron chi connectivity index (χ3n) is 4.58. The van der Waals surface area contributed by atoms with Crippen molar-refractivity contribution < 1.29 is 37.3 Å². The van der Waals surface area contributed by atoms with E-state index >= 15 is 0 Å². The molecule has 1 amide bonds. The van der Waals surface area contributed by atoms with Crippen LogP contribution in [-0.2, 0) is 6.18 Å². The van der Waals surface area contributed by atoms with Gasteiger partial charge in [-0.15, -0.1) is 11.3 Å². The summed E-state index contributed by atoms with van der Waals surface area (Å²) in [5, 5.41) is 13.2. The molecule has 0 saturated heterocycles. The van der Waals surface area contributed by atoms with Gasteiger partial charge in [-0.2, -0.15) is 13.2 Å². The Labute approximate surface area is 178 Å². The van der Waals surface area contributed by atoms with Crippen LogP contribution in [0.1, 0.15) is 20.9 Å². The van der Waals surface area contributed by atoms with Crippen LogP contribution in [-0.4, -0.2) is 42.0 Å². The second-order valence-electron chi connectivity index (χ2n) is 6.79. The number of hydrogen-bond acceptors (Lipinski definition) is 7. The number of aliphatic hydroxyl groups excluding tert-OH is 1. The van der Waals surface area contributed by atoms with Gasteiger partial charge in [0.2, 0.25) is 6.79 Å². The van der Waals surface area contributed by atoms with Crippen molar-refractivity contribution in [3.8, 4) is 17.2 Å². The maximum absolute atomic E-state index is 12.9. The fourth-order valence-corrected chi connectivity index (χ4v) is 4.08. The molecule has 1 atom stereocenters. The van der Waals surface area contributed by atoms with Gasteiger partial charge in [-0.3, -0.25) is 4.79 Å². The quantitative estimate of drug-likeness (QED) is 0.593. The third kappa shape index (κ3) is 4.52. The number of nitrogens with one attached hydrogen (secondary N) is 1. The molecule has 2 aromatic heterocycles. The van der Waals surface area contributed by atoms with Crippen molar-refractivity contribution in [2.75, 3.05) is 19.9 Å². The minimum Gasteiger partial charge on any atom is -0.491 e. The van der Waals surface area contributed by atoms with Crippen LogP contribution in [0.5, 0.6) is 17.2 Å². The Hall–Kier alpha value is -3.05. The van der Waals surface area contributed by atoms with Crippen LogP contribution in [0.4, 0.5) is 13.2 Å². The highest BCUT2D eigenvalue weighted by Crippen LogP contribution is 2.35. The first-order valence-electron chi connectivity index (χ1n) is 9.18. The van der Waals surface area contributed by atoms with Gasteiger partial charge in [-0.25, -0.2) is 4.98 Å². The smallest absolute Gasteiger partial charge is 0.433 e. The van der Waals surface area contributed by atoms with Crippen LogP contribution in [0.15, 0.2) is 30.3 Å². The number of alkyl halides is 3. The van der Waals surface area contributed by atoms with E-state index < -0.39 is 23.9 Å². The zero-order valence-corrected chi connectivity index (χ0v) is 17.0. The molecule has 0 fully saturated rings. The van der Waals surface area contributed by atoms with Crippen LogP contribution in [0.2, 0.25) is 0 Å². The maximum Gasteiger partial charge on any atom is 0.433 e. The normalized spacial score (nSPS) is 14.0. The van der Waals surface area contributed by atoms with E-state index in [0.717, 1.165) is 17.4 Å². The SMILES string of the molecule is Cc1c(C(=O)NCC(O)COc2ccc3c(c2)OCO3)sc2nc(C(F)(F)F)ccc12. The largest absolute Gasteiger partial charge is 0.491 e. The lowest BCUT2D eigenvalue weighted by Crippen LogP contribution is -2.35. The third-order valence-corrected chi connectivity index (χ3v) is 5.79. The summed E-state index contributed by atoms with van der Waals surface area (Å²) in [4.78, 5) is 16.5. The Bertz CT molecular complexity index is 1130. The van der Waals surface area contributed by atoms with Gasteiger partial charge < -0.3 is 24.6 Å². The van der Waals surface area contributed by atoms with Crippen LogP contribution >= 0.6 is 11.3 Å². The summed E-state index contributed by atoms with van der Waals surface area (Å²) in [5.41, 5.74) is -0.478. The first kappa shape index (κ1) is 21.2. The second kappa shape index (κ2) is 8.23. The molecule has 1 unspecified atom stereocenters. The van der Waals surface area contributed by atoms with Crippen LogP contribution in [0.3, 0.4) is 0 Å². The Morgan fingerprint density at radius 3 is 2.84 bits per heavy atom. The zero-order chi connectivity index (χ0) is 22.2. The number of aryl methyl sites for hydroxylation is 1. The number of ether oxygens (including phenoxy) is 3. The summed E-state index contributed by atoms with van der Waals surface area (Å²) < 4.78 is 54.5. The summed E-state index contributed by atoms with van der Waals surface area (Å²) >= 11 is 0.874. The first-order valence-corrected chi connectivity index (χ1v) is 10.00. The van der Waals surface area contributed by atoms with Crippen LogP contribution in [0.25, 0.3) is 10.2 Å². The number of fused-ring (bicyclic) bond motifs is 2. The van der Waals surface area contributed by atoms with E-state index in [1.54, 1.807) is 25.1 Å². The Kier molecular flexibility index (Phi) is 5.63. The predicted molar refractivity (Wildman–Crippen MR) is 106 cm³/mol. The molecular formula is C20H17F3N2O5S. The number of nitrogens with zero attached hydrogens (tertiary/aromatic N) is 1. The van der Waals surface area contributed by atoms with Gasteiger partial charge in [-0.05, 0) is 36.8 Å². The average molecular weight is 454 g/mol. The lowest BCUT2D eigenvalue weighted by Gasteiger charge is -2.13. The molecule has 164 valence electrons. The first-order chi connectivity index (χ1) is 14.7. The van der Waals surface area contributed by atoms with E-state index in [1.165, 1.54) is 6.07 Å². The van der Waals surface area contributed by atoms with Gasteiger partial charge in [-0.1, -0.05) is 0 Å². The van der Waals surface area contributed by atoms with Gasteiger partial charge in [0.15, 0.2) is 11.5 Å². The summed E-state index contributed by atoms with van der Waals surface area (Å²) in [7, 11) is 0. The molecule has 0 radical (unpaired) electrons. The highest BCUT2D eigenvalue weighted by atomic mass is 32.1. The van der Waals surface area contributed by atoms with Crippen molar-refractivity contribution in [3.05, 3.63) is 46.5 Å². The number of hydrogen-bond donors (Lipinski definition) is 2. The molecule has 1 aromatic carbocycles. The molecule has 4 rings (SSSR count). The van der Waals surface area contributed by atoms with Gasteiger partial charge in [0.05, 0.1) is 4.88 Å². The molecule has 11 heteroatoms. The predicted octanol–water partition coefficient (Wildman–Crippen LogP) is 3.52. The molecule has 31 heavy (non-hydrogen) atoms. The molecule has 0 saturated carbocycles. The van der Waals surface area contributed by atoms with E-state index in [-0.39, 0.29) is 29.7 Å². The summed E-state index contributed by atoms with van der Waals surface area (Å²) in [5.74, 6) is 1.12. The minimum absolute atomic E-state index is 0.0815. The van der Waals surface area contributed by atoms with E-state index in [1.807, 2.05) is 0 Å². The number of halogens is 3. The van der Waals surface area contributed by atoms with Crippen molar-refractivity contribution in [1.29, 1.82) is 0 Å².